The minimum atomic E-state index is -1.99. The molecule has 0 N–H and O–H groups in total. The summed E-state index contributed by atoms with van der Waals surface area (Å²) in [5, 5.41) is 0. The third-order valence-corrected chi connectivity index (χ3v) is 1.58. The summed E-state index contributed by atoms with van der Waals surface area (Å²) in [5.41, 5.74) is -1.99. The van der Waals surface area contributed by atoms with Crippen LogP contribution in [0.4, 0.5) is 4.39 Å². The van der Waals surface area contributed by atoms with Crippen LogP contribution in [-0.4, -0.2) is 18.2 Å². The van der Waals surface area contributed by atoms with Gasteiger partial charge in [-0.1, -0.05) is 12.2 Å². The van der Waals surface area contributed by atoms with Gasteiger partial charge < -0.3 is 4.74 Å². The van der Waals surface area contributed by atoms with Crippen molar-refractivity contribution in [2.45, 2.75) is 25.4 Å². The van der Waals surface area contributed by atoms with Crippen molar-refractivity contribution in [1.82, 2.24) is 0 Å². The Hall–Kier alpha value is -1.12. The van der Waals surface area contributed by atoms with Gasteiger partial charge in [0, 0.05) is 12.8 Å². The Morgan fingerprint density at radius 1 is 1.46 bits per heavy atom. The van der Waals surface area contributed by atoms with E-state index in [9.17, 15) is 9.18 Å². The lowest BCUT2D eigenvalue weighted by atomic mass is 9.98. The molecule has 0 rings (SSSR count). The third kappa shape index (κ3) is 3.40. The van der Waals surface area contributed by atoms with Crippen LogP contribution in [0, 0.1) is 0 Å². The van der Waals surface area contributed by atoms with Crippen molar-refractivity contribution in [2.75, 3.05) is 6.61 Å². The number of carbonyl (C=O) groups is 1. The first-order chi connectivity index (χ1) is 6.10. The molecule has 0 atom stereocenters. The van der Waals surface area contributed by atoms with Gasteiger partial charge in [0.25, 0.3) is 0 Å². The van der Waals surface area contributed by atoms with Gasteiger partial charge in [-0.2, -0.15) is 0 Å². The molecule has 13 heavy (non-hydrogen) atoms. The molecule has 0 saturated heterocycles. The van der Waals surface area contributed by atoms with Crippen molar-refractivity contribution in [3.05, 3.63) is 25.3 Å². The van der Waals surface area contributed by atoms with Gasteiger partial charge >= 0.3 is 5.97 Å². The summed E-state index contributed by atoms with van der Waals surface area (Å²) in [4.78, 5) is 11.2. The van der Waals surface area contributed by atoms with Crippen LogP contribution in [0.1, 0.15) is 19.8 Å². The molecule has 0 spiro atoms. The second kappa shape index (κ2) is 5.51. The van der Waals surface area contributed by atoms with E-state index in [0.717, 1.165) is 0 Å². The maximum absolute atomic E-state index is 13.8. The third-order valence-electron chi connectivity index (χ3n) is 1.58. The average molecular weight is 186 g/mol. The van der Waals surface area contributed by atoms with Crippen molar-refractivity contribution >= 4 is 5.97 Å². The molecule has 0 radical (unpaired) electrons. The monoisotopic (exact) mass is 186 g/mol. The molecule has 0 aromatic heterocycles. The summed E-state index contributed by atoms with van der Waals surface area (Å²) in [7, 11) is 0. The van der Waals surface area contributed by atoms with E-state index >= 15 is 0 Å². The molecule has 0 aliphatic carbocycles. The predicted octanol–water partition coefficient (Wildman–Crippen LogP) is 2.41. The molecule has 0 unspecified atom stereocenters. The minimum absolute atomic E-state index is 0.0438. The van der Waals surface area contributed by atoms with E-state index in [1.54, 1.807) is 6.92 Å². The molecule has 0 aliphatic rings. The van der Waals surface area contributed by atoms with Crippen molar-refractivity contribution in [2.24, 2.45) is 0 Å². The lowest BCUT2D eigenvalue weighted by Crippen LogP contribution is -2.34. The fourth-order valence-corrected chi connectivity index (χ4v) is 0.968. The number of esters is 1. The SMILES string of the molecule is C=CCC(F)(CC=C)C(=O)OCC. The van der Waals surface area contributed by atoms with Gasteiger partial charge in [0.05, 0.1) is 6.61 Å². The second-order valence-electron chi connectivity index (χ2n) is 2.67. The molecule has 74 valence electrons. The van der Waals surface area contributed by atoms with Crippen molar-refractivity contribution in [1.29, 1.82) is 0 Å². The van der Waals surface area contributed by atoms with Gasteiger partial charge in [0.2, 0.25) is 5.67 Å². The molecule has 0 amide bonds. The Bertz CT molecular complexity index is 189. The van der Waals surface area contributed by atoms with Gasteiger partial charge in [-0.05, 0) is 6.92 Å². The molecule has 0 heterocycles. The standard InChI is InChI=1S/C10H15FO2/c1-4-7-10(11,8-5-2)9(12)13-6-3/h4-5H,1-2,6-8H2,3H3. The largest absolute Gasteiger partial charge is 0.464 e. The predicted molar refractivity (Wildman–Crippen MR) is 50.1 cm³/mol. The van der Waals surface area contributed by atoms with Crippen LogP contribution >= 0.6 is 0 Å². The Morgan fingerprint density at radius 3 is 2.23 bits per heavy atom. The summed E-state index contributed by atoms with van der Waals surface area (Å²) >= 11 is 0. The smallest absolute Gasteiger partial charge is 0.344 e. The zero-order chi connectivity index (χ0) is 10.3. The number of alkyl halides is 1. The maximum Gasteiger partial charge on any atom is 0.344 e. The van der Waals surface area contributed by atoms with Crippen LogP contribution < -0.4 is 0 Å². The Labute approximate surface area is 78.1 Å². The molecule has 0 aromatic rings. The number of carbonyl (C=O) groups excluding carboxylic acids is 1. The molecular weight excluding hydrogens is 171 g/mol. The van der Waals surface area contributed by atoms with Crippen LogP contribution in [0.15, 0.2) is 25.3 Å². The highest BCUT2D eigenvalue weighted by Crippen LogP contribution is 2.23. The molecular formula is C10H15FO2. The van der Waals surface area contributed by atoms with E-state index in [1.807, 2.05) is 0 Å². The van der Waals surface area contributed by atoms with Crippen LogP contribution in [-0.2, 0) is 9.53 Å². The highest BCUT2D eigenvalue weighted by Gasteiger charge is 2.37. The fourth-order valence-electron chi connectivity index (χ4n) is 0.968. The highest BCUT2D eigenvalue weighted by molar-refractivity contribution is 5.79. The molecule has 3 heteroatoms. The summed E-state index contributed by atoms with van der Waals surface area (Å²) < 4.78 is 18.4. The lowest BCUT2D eigenvalue weighted by molar-refractivity contribution is -0.157. The summed E-state index contributed by atoms with van der Waals surface area (Å²) in [5.74, 6) is -0.838. The van der Waals surface area contributed by atoms with Gasteiger partial charge in [0.1, 0.15) is 0 Å². The van der Waals surface area contributed by atoms with E-state index < -0.39 is 11.6 Å². The van der Waals surface area contributed by atoms with Crippen molar-refractivity contribution < 1.29 is 13.9 Å². The lowest BCUT2D eigenvalue weighted by Gasteiger charge is -2.19. The molecule has 0 aliphatic heterocycles. The summed E-state index contributed by atoms with van der Waals surface area (Å²) in [6, 6.07) is 0. The van der Waals surface area contributed by atoms with Gasteiger partial charge in [-0.25, -0.2) is 9.18 Å². The number of hydrogen-bond acceptors (Lipinski definition) is 2. The van der Waals surface area contributed by atoms with E-state index in [4.69, 9.17) is 0 Å². The van der Waals surface area contributed by atoms with Gasteiger partial charge in [-0.15, -0.1) is 13.2 Å². The number of ether oxygens (including phenoxy) is 1. The number of rotatable bonds is 6. The highest BCUT2D eigenvalue weighted by atomic mass is 19.1. The normalized spacial score (nSPS) is 10.6. The second-order valence-corrected chi connectivity index (χ2v) is 2.67. The minimum Gasteiger partial charge on any atom is -0.464 e. The van der Waals surface area contributed by atoms with Crippen LogP contribution in [0.2, 0.25) is 0 Å². The topological polar surface area (TPSA) is 26.3 Å². The summed E-state index contributed by atoms with van der Waals surface area (Å²) in [6.07, 6.45) is 2.64. The zero-order valence-corrected chi connectivity index (χ0v) is 7.88. The van der Waals surface area contributed by atoms with E-state index in [0.29, 0.717) is 0 Å². The molecule has 2 nitrogen and oxygen atoms in total. The van der Waals surface area contributed by atoms with Crippen LogP contribution in [0.3, 0.4) is 0 Å². The quantitative estimate of drug-likeness (QED) is 0.470. The van der Waals surface area contributed by atoms with Gasteiger partial charge in [-0.3, -0.25) is 0 Å². The van der Waals surface area contributed by atoms with E-state index in [2.05, 4.69) is 17.9 Å². The Kier molecular flexibility index (Phi) is 5.04. The number of allylic oxidation sites excluding steroid dienone is 2. The maximum atomic E-state index is 13.8. The average Bonchev–Trinajstić information content (AvgIpc) is 2.05. The van der Waals surface area contributed by atoms with Gasteiger partial charge in [0.15, 0.2) is 0 Å². The fraction of sp³-hybridized carbons (Fsp3) is 0.500. The Morgan fingerprint density at radius 2 is 1.92 bits per heavy atom. The number of halogens is 1. The molecule has 0 aromatic carbocycles. The zero-order valence-electron chi connectivity index (χ0n) is 7.88. The van der Waals surface area contributed by atoms with E-state index in [1.165, 1.54) is 12.2 Å². The van der Waals surface area contributed by atoms with Crippen molar-refractivity contribution in [3.63, 3.8) is 0 Å². The number of hydrogen-bond donors (Lipinski definition) is 0. The van der Waals surface area contributed by atoms with E-state index in [-0.39, 0.29) is 19.4 Å². The summed E-state index contributed by atoms with van der Waals surface area (Å²) in [6.45, 7) is 8.60. The molecule has 0 fully saturated rings. The first-order valence-electron chi connectivity index (χ1n) is 4.18. The Balaban J connectivity index is 4.44. The van der Waals surface area contributed by atoms with Crippen molar-refractivity contribution in [3.8, 4) is 0 Å². The first kappa shape index (κ1) is 11.9. The van der Waals surface area contributed by atoms with Crippen LogP contribution in [0.5, 0.6) is 0 Å². The first-order valence-corrected chi connectivity index (χ1v) is 4.18. The molecule has 0 saturated carbocycles. The van der Waals surface area contributed by atoms with Crippen LogP contribution in [0.25, 0.3) is 0 Å². The molecule has 0 bridgehead atoms.